The van der Waals surface area contributed by atoms with Gasteiger partial charge in [-0.15, -0.1) is 0 Å². The number of hydrogen-bond donors (Lipinski definition) is 1. The van der Waals surface area contributed by atoms with Crippen molar-refractivity contribution in [1.82, 2.24) is 0 Å². The molecule has 0 saturated heterocycles. The van der Waals surface area contributed by atoms with Crippen LogP contribution in [-0.2, 0) is 9.59 Å². The molecule has 0 radical (unpaired) electrons. The Kier molecular flexibility index (Phi) is 6.34. The van der Waals surface area contributed by atoms with E-state index in [1.165, 1.54) is 0 Å². The molecule has 1 unspecified atom stereocenters. The first-order valence-electron chi connectivity index (χ1n) is 4.38. The number of aliphatic carboxylic acids is 1. The maximum atomic E-state index is 10.5. The fourth-order valence-corrected chi connectivity index (χ4v) is 1.10. The SMILES string of the molecule is CCCCCC(CC=O)C(=O)O. The molecule has 1 atom stereocenters. The standard InChI is InChI=1S/C9H16O3/c1-2-3-4-5-8(6-7-10)9(11)12/h7-8H,2-6H2,1H3,(H,11,12). The third-order valence-corrected chi connectivity index (χ3v) is 1.89. The van der Waals surface area contributed by atoms with Gasteiger partial charge in [0, 0.05) is 6.42 Å². The lowest BCUT2D eigenvalue weighted by Gasteiger charge is -2.07. The summed E-state index contributed by atoms with van der Waals surface area (Å²) in [5.41, 5.74) is 0. The molecule has 0 aromatic rings. The predicted molar refractivity (Wildman–Crippen MR) is 45.9 cm³/mol. The summed E-state index contributed by atoms with van der Waals surface area (Å²) in [5.74, 6) is -1.31. The van der Waals surface area contributed by atoms with Crippen LogP contribution in [0.25, 0.3) is 0 Å². The van der Waals surface area contributed by atoms with E-state index in [1.807, 2.05) is 0 Å². The Balaban J connectivity index is 3.63. The number of carbonyl (C=O) groups is 2. The lowest BCUT2D eigenvalue weighted by atomic mass is 9.99. The molecule has 0 aromatic heterocycles. The molecular formula is C9H16O3. The highest BCUT2D eigenvalue weighted by atomic mass is 16.4. The van der Waals surface area contributed by atoms with Crippen molar-refractivity contribution in [1.29, 1.82) is 0 Å². The van der Waals surface area contributed by atoms with E-state index >= 15 is 0 Å². The molecule has 0 aliphatic heterocycles. The van der Waals surface area contributed by atoms with Gasteiger partial charge in [-0.05, 0) is 6.42 Å². The molecule has 3 nitrogen and oxygen atoms in total. The van der Waals surface area contributed by atoms with E-state index in [2.05, 4.69) is 6.92 Å². The Morgan fingerprint density at radius 2 is 2.17 bits per heavy atom. The van der Waals surface area contributed by atoms with Gasteiger partial charge >= 0.3 is 5.97 Å². The van der Waals surface area contributed by atoms with Gasteiger partial charge in [0.05, 0.1) is 5.92 Å². The van der Waals surface area contributed by atoms with Gasteiger partial charge in [0.15, 0.2) is 0 Å². The van der Waals surface area contributed by atoms with Crippen LogP contribution in [0.3, 0.4) is 0 Å². The van der Waals surface area contributed by atoms with E-state index in [-0.39, 0.29) is 6.42 Å². The van der Waals surface area contributed by atoms with Crippen LogP contribution < -0.4 is 0 Å². The first-order chi connectivity index (χ1) is 5.72. The quantitative estimate of drug-likeness (QED) is 0.471. The van der Waals surface area contributed by atoms with Crippen molar-refractivity contribution in [3.63, 3.8) is 0 Å². The van der Waals surface area contributed by atoms with Gasteiger partial charge in [0.1, 0.15) is 6.29 Å². The monoisotopic (exact) mass is 172 g/mol. The number of carboxylic acids is 1. The van der Waals surface area contributed by atoms with E-state index < -0.39 is 11.9 Å². The van der Waals surface area contributed by atoms with Crippen molar-refractivity contribution in [2.75, 3.05) is 0 Å². The molecule has 0 bridgehead atoms. The molecule has 3 heteroatoms. The fraction of sp³-hybridized carbons (Fsp3) is 0.778. The molecule has 1 N–H and O–H groups in total. The highest BCUT2D eigenvalue weighted by Crippen LogP contribution is 2.12. The van der Waals surface area contributed by atoms with E-state index in [0.717, 1.165) is 19.3 Å². The number of hydrogen-bond acceptors (Lipinski definition) is 2. The molecule has 70 valence electrons. The van der Waals surface area contributed by atoms with Gasteiger partial charge in [0.25, 0.3) is 0 Å². The largest absolute Gasteiger partial charge is 0.481 e. The molecule has 0 aromatic carbocycles. The van der Waals surface area contributed by atoms with Crippen molar-refractivity contribution < 1.29 is 14.7 Å². The Bertz CT molecular complexity index is 143. The molecule has 0 aliphatic rings. The third kappa shape index (κ3) is 4.88. The second-order valence-corrected chi connectivity index (χ2v) is 2.93. The Morgan fingerprint density at radius 1 is 1.50 bits per heavy atom. The smallest absolute Gasteiger partial charge is 0.306 e. The van der Waals surface area contributed by atoms with E-state index in [0.29, 0.717) is 12.7 Å². The van der Waals surface area contributed by atoms with Crippen LogP contribution in [0.1, 0.15) is 39.0 Å². The van der Waals surface area contributed by atoms with Crippen LogP contribution >= 0.6 is 0 Å². The van der Waals surface area contributed by atoms with Crippen LogP contribution in [0, 0.1) is 5.92 Å². The number of rotatable bonds is 7. The van der Waals surface area contributed by atoms with Crippen LogP contribution in [0.4, 0.5) is 0 Å². The number of unbranched alkanes of at least 4 members (excludes halogenated alkanes) is 2. The topological polar surface area (TPSA) is 54.4 Å². The van der Waals surface area contributed by atoms with Gasteiger partial charge in [-0.25, -0.2) is 0 Å². The predicted octanol–water partition coefficient (Wildman–Crippen LogP) is 1.86. The molecule has 0 heterocycles. The zero-order chi connectivity index (χ0) is 9.40. The minimum absolute atomic E-state index is 0.152. The van der Waals surface area contributed by atoms with E-state index in [1.54, 1.807) is 0 Å². The minimum atomic E-state index is -0.849. The Morgan fingerprint density at radius 3 is 2.58 bits per heavy atom. The summed E-state index contributed by atoms with van der Waals surface area (Å²) in [6.45, 7) is 2.06. The molecule has 0 saturated carbocycles. The van der Waals surface area contributed by atoms with Gasteiger partial charge in [0.2, 0.25) is 0 Å². The molecule has 0 rings (SSSR count). The average molecular weight is 172 g/mol. The second-order valence-electron chi connectivity index (χ2n) is 2.93. The molecular weight excluding hydrogens is 156 g/mol. The number of aldehydes is 1. The van der Waals surface area contributed by atoms with Crippen LogP contribution in [-0.4, -0.2) is 17.4 Å². The summed E-state index contributed by atoms with van der Waals surface area (Å²) in [6, 6.07) is 0. The van der Waals surface area contributed by atoms with Crippen LogP contribution in [0.15, 0.2) is 0 Å². The zero-order valence-corrected chi connectivity index (χ0v) is 7.45. The Hall–Kier alpha value is -0.860. The average Bonchev–Trinajstić information content (AvgIpc) is 2.03. The van der Waals surface area contributed by atoms with Crippen molar-refractivity contribution in [3.05, 3.63) is 0 Å². The normalized spacial score (nSPS) is 12.4. The minimum Gasteiger partial charge on any atom is -0.481 e. The molecule has 12 heavy (non-hydrogen) atoms. The summed E-state index contributed by atoms with van der Waals surface area (Å²) in [7, 11) is 0. The van der Waals surface area contributed by atoms with Gasteiger partial charge < -0.3 is 9.90 Å². The summed E-state index contributed by atoms with van der Waals surface area (Å²) in [6.07, 6.45) is 4.49. The fourth-order valence-electron chi connectivity index (χ4n) is 1.10. The maximum Gasteiger partial charge on any atom is 0.306 e. The van der Waals surface area contributed by atoms with Gasteiger partial charge in [-0.2, -0.15) is 0 Å². The second kappa shape index (κ2) is 6.83. The first-order valence-corrected chi connectivity index (χ1v) is 4.38. The summed E-state index contributed by atoms with van der Waals surface area (Å²) in [4.78, 5) is 20.6. The summed E-state index contributed by atoms with van der Waals surface area (Å²) >= 11 is 0. The van der Waals surface area contributed by atoms with E-state index in [9.17, 15) is 9.59 Å². The van der Waals surface area contributed by atoms with Crippen molar-refractivity contribution >= 4 is 12.3 Å². The molecule has 0 fully saturated rings. The lowest BCUT2D eigenvalue weighted by molar-refractivity contribution is -0.143. The highest BCUT2D eigenvalue weighted by Gasteiger charge is 2.15. The van der Waals surface area contributed by atoms with Crippen LogP contribution in [0.5, 0.6) is 0 Å². The first kappa shape index (κ1) is 11.1. The highest BCUT2D eigenvalue weighted by molar-refractivity contribution is 5.73. The summed E-state index contributed by atoms with van der Waals surface area (Å²) in [5, 5.41) is 8.64. The van der Waals surface area contributed by atoms with Crippen LogP contribution in [0.2, 0.25) is 0 Å². The van der Waals surface area contributed by atoms with Crippen molar-refractivity contribution in [2.45, 2.75) is 39.0 Å². The lowest BCUT2D eigenvalue weighted by Crippen LogP contribution is -2.13. The zero-order valence-electron chi connectivity index (χ0n) is 7.45. The molecule has 0 spiro atoms. The van der Waals surface area contributed by atoms with E-state index in [4.69, 9.17) is 5.11 Å². The number of carbonyl (C=O) groups excluding carboxylic acids is 1. The van der Waals surface area contributed by atoms with Crippen molar-refractivity contribution in [3.8, 4) is 0 Å². The molecule has 0 aliphatic carbocycles. The summed E-state index contributed by atoms with van der Waals surface area (Å²) < 4.78 is 0. The number of carboxylic acid groups (broad SMARTS) is 1. The Labute approximate surface area is 72.8 Å². The van der Waals surface area contributed by atoms with Crippen molar-refractivity contribution in [2.24, 2.45) is 5.92 Å². The molecule has 0 amide bonds. The van der Waals surface area contributed by atoms with Gasteiger partial charge in [-0.1, -0.05) is 26.2 Å². The van der Waals surface area contributed by atoms with Gasteiger partial charge in [-0.3, -0.25) is 4.79 Å². The maximum absolute atomic E-state index is 10.5. The third-order valence-electron chi connectivity index (χ3n) is 1.89.